The fraction of sp³-hybridized carbons (Fsp3) is 0.938. The van der Waals surface area contributed by atoms with Gasteiger partial charge in [-0.05, 0) is 44.7 Å². The lowest BCUT2D eigenvalue weighted by atomic mass is 9.97. The van der Waals surface area contributed by atoms with Crippen LogP contribution < -0.4 is 10.6 Å². The fourth-order valence-corrected chi connectivity index (χ4v) is 2.49. The standard InChI is InChI=1S/C16H34N4O.HI/c1-5-17-16(18-12-14(2)3)19-13-15-6-8-20(9-7-15)10-11-21-4;/h14-15H,5-13H2,1-4H3,(H2,17,18,19);1H. The second-order valence-electron chi connectivity index (χ2n) is 6.27. The Balaban J connectivity index is 0.00000441. The predicted octanol–water partition coefficient (Wildman–Crippen LogP) is 2.17. The summed E-state index contributed by atoms with van der Waals surface area (Å²) in [7, 11) is 1.77. The van der Waals surface area contributed by atoms with Crippen molar-refractivity contribution < 1.29 is 4.74 Å². The third kappa shape index (κ3) is 9.84. The monoisotopic (exact) mass is 426 g/mol. The molecule has 0 aliphatic carbocycles. The van der Waals surface area contributed by atoms with Crippen LogP contribution in [-0.4, -0.2) is 63.8 Å². The Morgan fingerprint density at radius 3 is 2.50 bits per heavy atom. The minimum atomic E-state index is 0. The highest BCUT2D eigenvalue weighted by molar-refractivity contribution is 14.0. The highest BCUT2D eigenvalue weighted by Gasteiger charge is 2.18. The van der Waals surface area contributed by atoms with Gasteiger partial charge in [0.15, 0.2) is 5.96 Å². The highest BCUT2D eigenvalue weighted by Crippen LogP contribution is 2.15. The molecule has 0 saturated carbocycles. The third-order valence-electron chi connectivity index (χ3n) is 3.84. The van der Waals surface area contributed by atoms with Crippen LogP contribution in [0.2, 0.25) is 0 Å². The molecule has 6 heteroatoms. The first kappa shape index (κ1) is 21.9. The lowest BCUT2D eigenvalue weighted by Crippen LogP contribution is -2.43. The molecule has 132 valence electrons. The summed E-state index contributed by atoms with van der Waals surface area (Å²) in [5.41, 5.74) is 0. The number of piperidine rings is 1. The normalized spacial score (nSPS) is 17.4. The molecule has 0 spiro atoms. The Morgan fingerprint density at radius 1 is 1.27 bits per heavy atom. The molecule has 0 unspecified atom stereocenters. The largest absolute Gasteiger partial charge is 0.383 e. The SMILES string of the molecule is CCNC(=NCC(C)C)NCC1CCN(CCOC)CC1.I. The van der Waals surface area contributed by atoms with Crippen LogP contribution in [0.5, 0.6) is 0 Å². The van der Waals surface area contributed by atoms with Crippen LogP contribution in [0.1, 0.15) is 33.6 Å². The van der Waals surface area contributed by atoms with E-state index in [4.69, 9.17) is 4.74 Å². The molecule has 0 bridgehead atoms. The number of hydrogen-bond donors (Lipinski definition) is 2. The van der Waals surface area contributed by atoms with E-state index in [2.05, 4.69) is 41.3 Å². The van der Waals surface area contributed by atoms with Crippen molar-refractivity contribution in [1.82, 2.24) is 15.5 Å². The average molecular weight is 426 g/mol. The van der Waals surface area contributed by atoms with E-state index in [1.165, 1.54) is 25.9 Å². The maximum Gasteiger partial charge on any atom is 0.191 e. The summed E-state index contributed by atoms with van der Waals surface area (Å²) >= 11 is 0. The predicted molar refractivity (Wildman–Crippen MR) is 105 cm³/mol. The van der Waals surface area contributed by atoms with E-state index in [-0.39, 0.29) is 24.0 Å². The molecule has 22 heavy (non-hydrogen) atoms. The molecule has 1 aliphatic rings. The number of aliphatic imine (C=N–C) groups is 1. The Labute approximate surface area is 153 Å². The van der Waals surface area contributed by atoms with Gasteiger partial charge in [-0.3, -0.25) is 4.99 Å². The van der Waals surface area contributed by atoms with Crippen LogP contribution in [0.15, 0.2) is 4.99 Å². The summed E-state index contributed by atoms with van der Waals surface area (Å²) in [6.07, 6.45) is 2.53. The number of ether oxygens (including phenoxy) is 1. The summed E-state index contributed by atoms with van der Waals surface area (Å²) in [5, 5.41) is 6.83. The van der Waals surface area contributed by atoms with Crippen LogP contribution in [0, 0.1) is 11.8 Å². The van der Waals surface area contributed by atoms with Crippen molar-refractivity contribution in [3.63, 3.8) is 0 Å². The molecule has 0 aromatic heterocycles. The van der Waals surface area contributed by atoms with E-state index in [9.17, 15) is 0 Å². The zero-order valence-corrected chi connectivity index (χ0v) is 17.1. The van der Waals surface area contributed by atoms with E-state index in [0.29, 0.717) is 5.92 Å². The molecule has 0 aromatic carbocycles. The number of nitrogens with zero attached hydrogens (tertiary/aromatic N) is 2. The van der Waals surface area contributed by atoms with Gasteiger partial charge in [-0.15, -0.1) is 24.0 Å². The van der Waals surface area contributed by atoms with Crippen molar-refractivity contribution in [1.29, 1.82) is 0 Å². The quantitative estimate of drug-likeness (QED) is 0.355. The van der Waals surface area contributed by atoms with Crippen molar-refractivity contribution in [2.45, 2.75) is 33.6 Å². The van der Waals surface area contributed by atoms with Gasteiger partial charge in [0.2, 0.25) is 0 Å². The summed E-state index contributed by atoms with van der Waals surface area (Å²) in [6, 6.07) is 0. The zero-order valence-electron chi connectivity index (χ0n) is 14.7. The Hall–Kier alpha value is -0.0800. The summed E-state index contributed by atoms with van der Waals surface area (Å²) in [4.78, 5) is 7.12. The summed E-state index contributed by atoms with van der Waals surface area (Å²) < 4.78 is 5.15. The molecule has 0 atom stereocenters. The van der Waals surface area contributed by atoms with Crippen LogP contribution in [0.3, 0.4) is 0 Å². The molecule has 5 nitrogen and oxygen atoms in total. The first-order valence-electron chi connectivity index (χ1n) is 8.39. The average Bonchev–Trinajstić information content (AvgIpc) is 2.49. The second kappa shape index (κ2) is 13.4. The second-order valence-corrected chi connectivity index (χ2v) is 6.27. The van der Waals surface area contributed by atoms with Crippen LogP contribution in [0.25, 0.3) is 0 Å². The van der Waals surface area contributed by atoms with Gasteiger partial charge in [-0.25, -0.2) is 0 Å². The van der Waals surface area contributed by atoms with Gasteiger partial charge in [-0.2, -0.15) is 0 Å². The maximum absolute atomic E-state index is 5.15. The van der Waals surface area contributed by atoms with Crippen molar-refractivity contribution in [3.05, 3.63) is 0 Å². The van der Waals surface area contributed by atoms with E-state index < -0.39 is 0 Å². The molecule has 0 amide bonds. The molecule has 1 saturated heterocycles. The third-order valence-corrected chi connectivity index (χ3v) is 3.84. The number of halogens is 1. The molecule has 0 radical (unpaired) electrons. The van der Waals surface area contributed by atoms with E-state index in [1.807, 2.05) is 0 Å². The van der Waals surface area contributed by atoms with Crippen LogP contribution in [-0.2, 0) is 4.74 Å². The summed E-state index contributed by atoms with van der Waals surface area (Å²) in [5.74, 6) is 2.32. The summed E-state index contributed by atoms with van der Waals surface area (Å²) in [6.45, 7) is 13.6. The van der Waals surface area contributed by atoms with Gasteiger partial charge in [0.05, 0.1) is 6.61 Å². The van der Waals surface area contributed by atoms with Crippen molar-refractivity contribution in [2.24, 2.45) is 16.8 Å². The number of methoxy groups -OCH3 is 1. The van der Waals surface area contributed by atoms with Crippen LogP contribution >= 0.6 is 24.0 Å². The Kier molecular flexibility index (Phi) is 13.3. The molecular formula is C16H35IN4O. The van der Waals surface area contributed by atoms with Crippen LogP contribution in [0.4, 0.5) is 0 Å². The van der Waals surface area contributed by atoms with E-state index >= 15 is 0 Å². The molecular weight excluding hydrogens is 391 g/mol. The molecule has 1 heterocycles. The smallest absolute Gasteiger partial charge is 0.191 e. The van der Waals surface area contributed by atoms with Gasteiger partial charge < -0.3 is 20.3 Å². The molecule has 1 fully saturated rings. The fourth-order valence-electron chi connectivity index (χ4n) is 2.49. The number of nitrogens with one attached hydrogen (secondary N) is 2. The van der Waals surface area contributed by atoms with Crippen molar-refractivity contribution >= 4 is 29.9 Å². The van der Waals surface area contributed by atoms with Crippen molar-refractivity contribution in [3.8, 4) is 0 Å². The number of rotatable bonds is 8. The molecule has 0 aromatic rings. The molecule has 1 rings (SSSR count). The topological polar surface area (TPSA) is 48.9 Å². The van der Waals surface area contributed by atoms with Gasteiger partial charge in [0.1, 0.15) is 0 Å². The minimum Gasteiger partial charge on any atom is -0.383 e. The van der Waals surface area contributed by atoms with Gasteiger partial charge in [0.25, 0.3) is 0 Å². The lowest BCUT2D eigenvalue weighted by Gasteiger charge is -2.32. The lowest BCUT2D eigenvalue weighted by molar-refractivity contribution is 0.121. The number of likely N-dealkylation sites (tertiary alicyclic amines) is 1. The van der Waals surface area contributed by atoms with Gasteiger partial charge in [0, 0.05) is 33.3 Å². The van der Waals surface area contributed by atoms with Crippen molar-refractivity contribution in [2.75, 3.05) is 53.0 Å². The zero-order chi connectivity index (χ0) is 15.5. The highest BCUT2D eigenvalue weighted by atomic mass is 127. The minimum absolute atomic E-state index is 0. The molecule has 1 aliphatic heterocycles. The maximum atomic E-state index is 5.15. The van der Waals surface area contributed by atoms with E-state index in [0.717, 1.165) is 44.7 Å². The van der Waals surface area contributed by atoms with E-state index in [1.54, 1.807) is 7.11 Å². The first-order chi connectivity index (χ1) is 10.2. The van der Waals surface area contributed by atoms with Gasteiger partial charge >= 0.3 is 0 Å². The Bertz CT molecular complexity index is 292. The Morgan fingerprint density at radius 2 is 1.95 bits per heavy atom. The number of guanidine groups is 1. The molecule has 2 N–H and O–H groups in total. The first-order valence-corrected chi connectivity index (χ1v) is 8.39. The number of hydrogen-bond acceptors (Lipinski definition) is 3. The van der Waals surface area contributed by atoms with Gasteiger partial charge in [-0.1, -0.05) is 13.8 Å².